The average molecular weight is 427 g/mol. The lowest BCUT2D eigenvalue weighted by atomic mass is 9.85. The van der Waals surface area contributed by atoms with Crippen molar-refractivity contribution in [3.05, 3.63) is 77.9 Å². The highest BCUT2D eigenvalue weighted by molar-refractivity contribution is 5.85. The van der Waals surface area contributed by atoms with E-state index < -0.39 is 0 Å². The van der Waals surface area contributed by atoms with E-state index in [2.05, 4.69) is 60.5 Å². The van der Waals surface area contributed by atoms with E-state index in [4.69, 9.17) is 15.5 Å². The molecule has 0 aliphatic heterocycles. The van der Waals surface area contributed by atoms with Crippen molar-refractivity contribution in [2.45, 2.75) is 58.0 Å². The molecule has 2 aromatic carbocycles. The lowest BCUT2D eigenvalue weighted by Gasteiger charge is -2.23. The molecule has 2 N–H and O–H groups in total. The van der Waals surface area contributed by atoms with E-state index in [-0.39, 0.29) is 5.41 Å². The molecule has 1 aliphatic carbocycles. The topological polar surface area (TPSA) is 65.4 Å². The van der Waals surface area contributed by atoms with Gasteiger partial charge in [0.1, 0.15) is 35.2 Å². The molecule has 5 heteroatoms. The molecule has 32 heavy (non-hydrogen) atoms. The average Bonchev–Trinajstić information content (AvgIpc) is 3.12. The third-order valence-corrected chi connectivity index (χ3v) is 6.41. The summed E-state index contributed by atoms with van der Waals surface area (Å²) in [6.45, 7) is 7.20. The maximum absolute atomic E-state index is 6.28. The van der Waals surface area contributed by atoms with Crippen molar-refractivity contribution < 1.29 is 4.74 Å². The summed E-state index contributed by atoms with van der Waals surface area (Å²) in [5, 5.41) is 0. The minimum atomic E-state index is 0.149. The van der Waals surface area contributed by atoms with Crippen molar-refractivity contribution in [3.8, 4) is 17.0 Å². The summed E-state index contributed by atoms with van der Waals surface area (Å²) in [4.78, 5) is 9.34. The van der Waals surface area contributed by atoms with Crippen molar-refractivity contribution in [1.29, 1.82) is 0 Å². The van der Waals surface area contributed by atoms with Crippen molar-refractivity contribution in [1.82, 2.24) is 14.4 Å². The number of nitrogens with zero attached hydrogens (tertiary/aromatic N) is 3. The van der Waals surface area contributed by atoms with Crippen LogP contribution >= 0.6 is 0 Å². The molecule has 2 heterocycles. The Morgan fingerprint density at radius 3 is 2.56 bits per heavy atom. The van der Waals surface area contributed by atoms with Gasteiger partial charge in [0.05, 0.1) is 0 Å². The van der Waals surface area contributed by atoms with Gasteiger partial charge in [-0.1, -0.05) is 63.6 Å². The Morgan fingerprint density at radius 1 is 1.09 bits per heavy atom. The predicted octanol–water partition coefficient (Wildman–Crippen LogP) is 6.12. The monoisotopic (exact) mass is 426 g/mol. The van der Waals surface area contributed by atoms with Crippen LogP contribution in [-0.4, -0.2) is 14.4 Å². The molecule has 164 valence electrons. The van der Waals surface area contributed by atoms with Gasteiger partial charge in [-0.2, -0.15) is 0 Å². The minimum Gasteiger partial charge on any atom is -0.489 e. The van der Waals surface area contributed by atoms with Gasteiger partial charge in [0.2, 0.25) is 0 Å². The molecule has 4 aromatic rings. The van der Waals surface area contributed by atoms with Crippen LogP contribution in [0.25, 0.3) is 16.8 Å². The van der Waals surface area contributed by atoms with Gasteiger partial charge in [-0.25, -0.2) is 9.97 Å². The Kier molecular flexibility index (Phi) is 5.12. The van der Waals surface area contributed by atoms with E-state index in [0.29, 0.717) is 18.3 Å². The molecular formula is C27H30N4O. The summed E-state index contributed by atoms with van der Waals surface area (Å²) in [5.41, 5.74) is 11.6. The van der Waals surface area contributed by atoms with Gasteiger partial charge < -0.3 is 10.5 Å². The number of aromatic nitrogens is 3. The zero-order valence-electron chi connectivity index (χ0n) is 19.0. The molecule has 5 rings (SSSR count). The number of hydrogen-bond acceptors (Lipinski definition) is 4. The van der Waals surface area contributed by atoms with Gasteiger partial charge in [-0.05, 0) is 41.5 Å². The standard InChI is InChI=1S/C27H30N4O/c1-27(2,3)21-12-10-18(11-13-21)17-32-22-9-5-8-20(16-22)23-24-25(28)29-14-15-31(24)26(30-23)19-6-4-7-19/h5,8-16,19H,4,6-7,17H2,1-3H3,(H2,28,29). The first-order valence-corrected chi connectivity index (χ1v) is 11.4. The van der Waals surface area contributed by atoms with E-state index in [9.17, 15) is 0 Å². The first kappa shape index (κ1) is 20.6. The Bertz CT molecular complexity index is 1250. The molecular weight excluding hydrogens is 396 g/mol. The number of imidazole rings is 1. The van der Waals surface area contributed by atoms with Crippen LogP contribution in [0.5, 0.6) is 5.75 Å². The van der Waals surface area contributed by atoms with Crippen molar-refractivity contribution in [2.24, 2.45) is 0 Å². The zero-order chi connectivity index (χ0) is 22.3. The van der Waals surface area contributed by atoms with E-state index >= 15 is 0 Å². The maximum atomic E-state index is 6.28. The van der Waals surface area contributed by atoms with E-state index in [1.807, 2.05) is 24.4 Å². The summed E-state index contributed by atoms with van der Waals surface area (Å²) in [6.07, 6.45) is 7.34. The van der Waals surface area contributed by atoms with Crippen LogP contribution in [0.3, 0.4) is 0 Å². The fourth-order valence-electron chi connectivity index (χ4n) is 4.24. The minimum absolute atomic E-state index is 0.149. The molecule has 1 aliphatic rings. The molecule has 0 radical (unpaired) electrons. The number of hydrogen-bond donors (Lipinski definition) is 1. The van der Waals surface area contributed by atoms with Crippen LogP contribution in [0.15, 0.2) is 60.9 Å². The number of ether oxygens (including phenoxy) is 1. The van der Waals surface area contributed by atoms with Crippen molar-refractivity contribution >= 4 is 11.3 Å². The summed E-state index contributed by atoms with van der Waals surface area (Å²) in [5.74, 6) is 2.90. The molecule has 1 fully saturated rings. The molecule has 1 saturated carbocycles. The number of nitrogen functional groups attached to an aromatic ring is 1. The quantitative estimate of drug-likeness (QED) is 0.417. The third kappa shape index (κ3) is 3.83. The first-order valence-electron chi connectivity index (χ1n) is 11.4. The fraction of sp³-hybridized carbons (Fsp3) is 0.333. The maximum Gasteiger partial charge on any atom is 0.150 e. The second kappa shape index (κ2) is 7.97. The summed E-state index contributed by atoms with van der Waals surface area (Å²) in [7, 11) is 0. The Hall–Kier alpha value is -3.34. The number of fused-ring (bicyclic) bond motifs is 1. The molecule has 0 bridgehead atoms. The SMILES string of the molecule is CC(C)(C)c1ccc(COc2cccc(-c3nc(C4CCC4)n4ccnc(N)c34)c2)cc1. The van der Waals surface area contributed by atoms with Crippen LogP contribution in [-0.2, 0) is 12.0 Å². The van der Waals surface area contributed by atoms with Crippen LogP contribution < -0.4 is 10.5 Å². The lowest BCUT2D eigenvalue weighted by Crippen LogP contribution is -2.12. The molecule has 0 atom stereocenters. The van der Waals surface area contributed by atoms with Crippen molar-refractivity contribution in [3.63, 3.8) is 0 Å². The highest BCUT2D eigenvalue weighted by atomic mass is 16.5. The normalized spacial score (nSPS) is 14.5. The Balaban J connectivity index is 1.42. The van der Waals surface area contributed by atoms with Crippen LogP contribution in [0.4, 0.5) is 5.82 Å². The second-order valence-corrected chi connectivity index (χ2v) is 9.74. The van der Waals surface area contributed by atoms with Gasteiger partial charge in [0, 0.05) is 23.9 Å². The lowest BCUT2D eigenvalue weighted by molar-refractivity contribution is 0.306. The fourth-order valence-corrected chi connectivity index (χ4v) is 4.24. The Morgan fingerprint density at radius 2 is 1.88 bits per heavy atom. The smallest absolute Gasteiger partial charge is 0.150 e. The summed E-state index contributed by atoms with van der Waals surface area (Å²) in [6, 6.07) is 16.8. The van der Waals surface area contributed by atoms with Gasteiger partial charge in [0.15, 0.2) is 0 Å². The first-order chi connectivity index (χ1) is 15.4. The predicted molar refractivity (Wildman–Crippen MR) is 129 cm³/mol. The number of rotatable bonds is 5. The van der Waals surface area contributed by atoms with E-state index in [0.717, 1.165) is 33.9 Å². The molecule has 0 spiro atoms. The molecule has 0 amide bonds. The molecule has 0 unspecified atom stereocenters. The van der Waals surface area contributed by atoms with Crippen LogP contribution in [0, 0.1) is 0 Å². The summed E-state index contributed by atoms with van der Waals surface area (Å²) < 4.78 is 8.24. The van der Waals surface area contributed by atoms with Crippen molar-refractivity contribution in [2.75, 3.05) is 5.73 Å². The molecule has 5 nitrogen and oxygen atoms in total. The largest absolute Gasteiger partial charge is 0.489 e. The zero-order valence-corrected chi connectivity index (χ0v) is 19.0. The number of benzene rings is 2. The highest BCUT2D eigenvalue weighted by Crippen LogP contribution is 2.39. The number of nitrogens with two attached hydrogens (primary N) is 1. The van der Waals surface area contributed by atoms with E-state index in [1.165, 1.54) is 24.8 Å². The highest BCUT2D eigenvalue weighted by Gasteiger charge is 2.27. The summed E-state index contributed by atoms with van der Waals surface area (Å²) >= 11 is 0. The molecule has 2 aromatic heterocycles. The van der Waals surface area contributed by atoms with Crippen LogP contribution in [0.1, 0.15) is 62.9 Å². The van der Waals surface area contributed by atoms with Gasteiger partial charge in [0.25, 0.3) is 0 Å². The number of anilines is 1. The Labute approximate surface area is 189 Å². The molecule has 0 saturated heterocycles. The van der Waals surface area contributed by atoms with Gasteiger partial charge >= 0.3 is 0 Å². The van der Waals surface area contributed by atoms with Gasteiger partial charge in [-0.15, -0.1) is 0 Å². The van der Waals surface area contributed by atoms with E-state index in [1.54, 1.807) is 6.20 Å². The van der Waals surface area contributed by atoms with Gasteiger partial charge in [-0.3, -0.25) is 4.40 Å². The third-order valence-electron chi connectivity index (χ3n) is 6.41. The van der Waals surface area contributed by atoms with Crippen LogP contribution in [0.2, 0.25) is 0 Å². The second-order valence-electron chi connectivity index (χ2n) is 9.74.